The van der Waals surface area contributed by atoms with Crippen LogP contribution < -0.4 is 0 Å². The number of halogens is 2. The SMILES string of the molecule is BrCc1ncccc1I. The standard InChI is InChI=1S/C6H5BrIN/c7-4-6-5(8)2-1-3-9-6/h1-3H,4H2. The molecule has 0 atom stereocenters. The topological polar surface area (TPSA) is 12.9 Å². The van der Waals surface area contributed by atoms with Crippen molar-refractivity contribution in [2.75, 3.05) is 0 Å². The van der Waals surface area contributed by atoms with Crippen molar-refractivity contribution in [3.8, 4) is 0 Å². The maximum atomic E-state index is 4.14. The molecule has 48 valence electrons. The van der Waals surface area contributed by atoms with Gasteiger partial charge in [-0.25, -0.2) is 0 Å². The second-order valence-electron chi connectivity index (χ2n) is 1.57. The Labute approximate surface area is 76.1 Å². The Kier molecular flexibility index (Phi) is 2.91. The minimum atomic E-state index is 0.839. The number of pyridine rings is 1. The lowest BCUT2D eigenvalue weighted by molar-refractivity contribution is 1.16. The Bertz CT molecular complexity index is 202. The van der Waals surface area contributed by atoms with Gasteiger partial charge in [0.05, 0.1) is 5.69 Å². The molecule has 0 N–H and O–H groups in total. The van der Waals surface area contributed by atoms with Crippen LogP contribution in [-0.2, 0) is 5.33 Å². The maximum Gasteiger partial charge on any atom is 0.0642 e. The Morgan fingerprint density at radius 3 is 2.89 bits per heavy atom. The predicted molar refractivity (Wildman–Crippen MR) is 49.6 cm³/mol. The van der Waals surface area contributed by atoms with Crippen LogP contribution in [0.2, 0.25) is 0 Å². The van der Waals surface area contributed by atoms with Crippen LogP contribution in [0, 0.1) is 3.57 Å². The summed E-state index contributed by atoms with van der Waals surface area (Å²) >= 11 is 5.61. The summed E-state index contributed by atoms with van der Waals surface area (Å²) in [6.07, 6.45) is 1.80. The molecule has 1 heterocycles. The van der Waals surface area contributed by atoms with E-state index in [0.29, 0.717) is 0 Å². The lowest BCUT2D eigenvalue weighted by Gasteiger charge is -1.94. The Hall–Kier alpha value is 0.360. The van der Waals surface area contributed by atoms with Gasteiger partial charge in [-0.05, 0) is 34.7 Å². The van der Waals surface area contributed by atoms with E-state index in [0.717, 1.165) is 11.0 Å². The fraction of sp³-hybridized carbons (Fsp3) is 0.167. The van der Waals surface area contributed by atoms with Gasteiger partial charge in [-0.15, -0.1) is 0 Å². The summed E-state index contributed by atoms with van der Waals surface area (Å²) in [4.78, 5) is 4.14. The van der Waals surface area contributed by atoms with Gasteiger partial charge in [0.1, 0.15) is 0 Å². The van der Waals surface area contributed by atoms with Crippen LogP contribution in [0.4, 0.5) is 0 Å². The first kappa shape index (κ1) is 7.47. The molecule has 0 radical (unpaired) electrons. The van der Waals surface area contributed by atoms with Crippen LogP contribution in [0.5, 0.6) is 0 Å². The zero-order valence-corrected chi connectivity index (χ0v) is 8.39. The highest BCUT2D eigenvalue weighted by atomic mass is 127. The van der Waals surface area contributed by atoms with Crippen molar-refractivity contribution in [3.63, 3.8) is 0 Å². The molecule has 1 aromatic heterocycles. The molecular weight excluding hydrogens is 293 g/mol. The Morgan fingerprint density at radius 2 is 2.44 bits per heavy atom. The van der Waals surface area contributed by atoms with Crippen molar-refractivity contribution in [1.82, 2.24) is 4.98 Å². The van der Waals surface area contributed by atoms with Crippen LogP contribution >= 0.6 is 38.5 Å². The average molecular weight is 298 g/mol. The average Bonchev–Trinajstić information content (AvgIpc) is 1.89. The summed E-state index contributed by atoms with van der Waals surface area (Å²) in [7, 11) is 0. The van der Waals surface area contributed by atoms with E-state index in [-0.39, 0.29) is 0 Å². The summed E-state index contributed by atoms with van der Waals surface area (Å²) in [6.45, 7) is 0. The third-order valence-corrected chi connectivity index (χ3v) is 2.47. The Balaban J connectivity index is 3.01. The number of hydrogen-bond acceptors (Lipinski definition) is 1. The first-order chi connectivity index (χ1) is 4.34. The summed E-state index contributed by atoms with van der Waals surface area (Å²) < 4.78 is 1.21. The third kappa shape index (κ3) is 1.89. The zero-order chi connectivity index (χ0) is 6.69. The summed E-state index contributed by atoms with van der Waals surface area (Å²) in [5.74, 6) is 0. The summed E-state index contributed by atoms with van der Waals surface area (Å²) in [6, 6.07) is 3.98. The molecule has 0 aromatic carbocycles. The van der Waals surface area contributed by atoms with Crippen molar-refractivity contribution in [2.45, 2.75) is 5.33 Å². The van der Waals surface area contributed by atoms with Gasteiger partial charge in [0, 0.05) is 15.1 Å². The van der Waals surface area contributed by atoms with Crippen LogP contribution in [0.25, 0.3) is 0 Å². The molecule has 0 unspecified atom stereocenters. The summed E-state index contributed by atoms with van der Waals surface area (Å²) in [5, 5.41) is 0.839. The predicted octanol–water partition coefficient (Wildman–Crippen LogP) is 2.58. The molecule has 0 fully saturated rings. The van der Waals surface area contributed by atoms with E-state index in [1.54, 1.807) is 6.20 Å². The second kappa shape index (κ2) is 3.51. The van der Waals surface area contributed by atoms with Crippen LogP contribution in [0.3, 0.4) is 0 Å². The second-order valence-corrected chi connectivity index (χ2v) is 3.29. The van der Waals surface area contributed by atoms with Gasteiger partial charge in [-0.1, -0.05) is 15.9 Å². The molecule has 0 aliphatic rings. The maximum absolute atomic E-state index is 4.14. The molecule has 9 heavy (non-hydrogen) atoms. The van der Waals surface area contributed by atoms with E-state index in [9.17, 15) is 0 Å². The normalized spacial score (nSPS) is 9.56. The molecular formula is C6H5BrIN. The minimum Gasteiger partial charge on any atom is -0.259 e. The molecule has 1 rings (SSSR count). The van der Waals surface area contributed by atoms with Gasteiger partial charge < -0.3 is 0 Å². The molecule has 3 heteroatoms. The fourth-order valence-electron chi connectivity index (χ4n) is 0.517. The van der Waals surface area contributed by atoms with Gasteiger partial charge in [0.15, 0.2) is 0 Å². The lowest BCUT2D eigenvalue weighted by atomic mass is 10.4. The molecule has 0 aliphatic heterocycles. The molecule has 0 saturated heterocycles. The lowest BCUT2D eigenvalue weighted by Crippen LogP contribution is -1.86. The van der Waals surface area contributed by atoms with Crippen molar-refractivity contribution < 1.29 is 0 Å². The Morgan fingerprint density at radius 1 is 1.67 bits per heavy atom. The smallest absolute Gasteiger partial charge is 0.0642 e. The largest absolute Gasteiger partial charge is 0.259 e. The van der Waals surface area contributed by atoms with Gasteiger partial charge in [0.2, 0.25) is 0 Å². The van der Waals surface area contributed by atoms with Gasteiger partial charge in [-0.2, -0.15) is 0 Å². The first-order valence-electron chi connectivity index (χ1n) is 2.50. The van der Waals surface area contributed by atoms with E-state index in [1.165, 1.54) is 3.57 Å². The highest BCUT2D eigenvalue weighted by molar-refractivity contribution is 14.1. The highest BCUT2D eigenvalue weighted by Crippen LogP contribution is 2.10. The van der Waals surface area contributed by atoms with Gasteiger partial charge in [-0.3, -0.25) is 4.98 Å². The summed E-state index contributed by atoms with van der Waals surface area (Å²) in [5.41, 5.74) is 1.11. The van der Waals surface area contributed by atoms with E-state index in [1.807, 2.05) is 12.1 Å². The molecule has 0 saturated carbocycles. The number of hydrogen-bond donors (Lipinski definition) is 0. The number of alkyl halides is 1. The number of aromatic nitrogens is 1. The third-order valence-electron chi connectivity index (χ3n) is 0.961. The van der Waals surface area contributed by atoms with Gasteiger partial charge >= 0.3 is 0 Å². The van der Waals surface area contributed by atoms with Gasteiger partial charge in [0.25, 0.3) is 0 Å². The molecule has 1 nitrogen and oxygen atoms in total. The highest BCUT2D eigenvalue weighted by Gasteiger charge is 1.94. The van der Waals surface area contributed by atoms with Crippen molar-refractivity contribution in [1.29, 1.82) is 0 Å². The molecule has 1 aromatic rings. The van der Waals surface area contributed by atoms with Crippen molar-refractivity contribution in [2.24, 2.45) is 0 Å². The van der Waals surface area contributed by atoms with Crippen LogP contribution in [0.1, 0.15) is 5.69 Å². The minimum absolute atomic E-state index is 0.839. The van der Waals surface area contributed by atoms with Crippen LogP contribution in [0.15, 0.2) is 18.3 Å². The van der Waals surface area contributed by atoms with Crippen molar-refractivity contribution in [3.05, 3.63) is 27.6 Å². The van der Waals surface area contributed by atoms with E-state index in [2.05, 4.69) is 43.5 Å². The molecule has 0 aliphatic carbocycles. The number of rotatable bonds is 1. The quantitative estimate of drug-likeness (QED) is 0.573. The van der Waals surface area contributed by atoms with E-state index in [4.69, 9.17) is 0 Å². The molecule has 0 bridgehead atoms. The first-order valence-corrected chi connectivity index (χ1v) is 4.70. The van der Waals surface area contributed by atoms with E-state index >= 15 is 0 Å². The molecule has 0 spiro atoms. The van der Waals surface area contributed by atoms with Crippen LogP contribution in [-0.4, -0.2) is 4.98 Å². The van der Waals surface area contributed by atoms with Crippen molar-refractivity contribution >= 4 is 38.5 Å². The molecule has 0 amide bonds. The zero-order valence-electron chi connectivity index (χ0n) is 4.64. The monoisotopic (exact) mass is 297 g/mol. The number of nitrogens with zero attached hydrogens (tertiary/aromatic N) is 1. The fourth-order valence-corrected chi connectivity index (χ4v) is 2.03. The van der Waals surface area contributed by atoms with E-state index < -0.39 is 0 Å².